The summed E-state index contributed by atoms with van der Waals surface area (Å²) in [5.41, 5.74) is 1.41. The Kier molecular flexibility index (Phi) is 5.46. The minimum Gasteiger partial charge on any atom is -0.433 e. The van der Waals surface area contributed by atoms with Crippen molar-refractivity contribution >= 4 is 17.3 Å². The molecule has 0 saturated carbocycles. The molecule has 122 valence electrons. The van der Waals surface area contributed by atoms with Gasteiger partial charge in [0, 0.05) is 5.69 Å². The molecule has 23 heavy (non-hydrogen) atoms. The molecule has 0 atom stereocenters. The molecular weight excluding hydrogens is 309 g/mol. The summed E-state index contributed by atoms with van der Waals surface area (Å²) in [4.78, 5) is 11.9. The Labute approximate surface area is 131 Å². The van der Waals surface area contributed by atoms with Crippen molar-refractivity contribution in [2.75, 3.05) is 17.2 Å². The number of rotatable bonds is 6. The van der Waals surface area contributed by atoms with Gasteiger partial charge in [0.05, 0.1) is 12.2 Å². The first-order valence-corrected chi connectivity index (χ1v) is 6.79. The minimum atomic E-state index is -2.98. The summed E-state index contributed by atoms with van der Waals surface area (Å²) in [6, 6.07) is 10.0. The summed E-state index contributed by atoms with van der Waals surface area (Å²) in [6.45, 7) is -1.38. The van der Waals surface area contributed by atoms with Gasteiger partial charge < -0.3 is 15.4 Å². The molecule has 0 fully saturated rings. The topological polar surface area (TPSA) is 50.4 Å². The minimum absolute atomic E-state index is 0.102. The lowest BCUT2D eigenvalue weighted by Gasteiger charge is -2.13. The summed E-state index contributed by atoms with van der Waals surface area (Å²) >= 11 is 0. The van der Waals surface area contributed by atoms with Crippen LogP contribution in [0.1, 0.15) is 5.56 Å². The van der Waals surface area contributed by atoms with Crippen molar-refractivity contribution in [3.05, 3.63) is 53.8 Å². The van der Waals surface area contributed by atoms with Crippen LogP contribution in [0.25, 0.3) is 0 Å². The Morgan fingerprint density at radius 1 is 1.17 bits per heavy atom. The van der Waals surface area contributed by atoms with Crippen LogP contribution in [0.4, 0.5) is 24.5 Å². The van der Waals surface area contributed by atoms with E-state index in [-0.39, 0.29) is 23.8 Å². The van der Waals surface area contributed by atoms with Crippen LogP contribution in [0.3, 0.4) is 0 Å². The van der Waals surface area contributed by atoms with Gasteiger partial charge >= 0.3 is 6.61 Å². The quantitative estimate of drug-likeness (QED) is 0.850. The Balaban J connectivity index is 1.97. The summed E-state index contributed by atoms with van der Waals surface area (Å²) in [6.07, 6.45) is 0. The van der Waals surface area contributed by atoms with Crippen molar-refractivity contribution in [3.8, 4) is 5.75 Å². The summed E-state index contributed by atoms with van der Waals surface area (Å²) in [5.74, 6) is -0.927. The molecule has 0 radical (unpaired) electrons. The highest BCUT2D eigenvalue weighted by Crippen LogP contribution is 2.25. The number of carbonyl (C=O) groups excluding carboxylic acids is 1. The van der Waals surface area contributed by atoms with Gasteiger partial charge in [0.15, 0.2) is 0 Å². The highest BCUT2D eigenvalue weighted by molar-refractivity contribution is 5.95. The smallest absolute Gasteiger partial charge is 0.387 e. The van der Waals surface area contributed by atoms with Crippen molar-refractivity contribution in [2.24, 2.45) is 0 Å². The van der Waals surface area contributed by atoms with E-state index in [1.165, 1.54) is 36.4 Å². The number of halogens is 3. The maximum Gasteiger partial charge on any atom is 0.387 e. The molecule has 0 bridgehead atoms. The number of carbonyl (C=O) groups is 1. The molecule has 2 rings (SSSR count). The number of benzene rings is 2. The number of nitrogens with one attached hydrogen (secondary N) is 2. The van der Waals surface area contributed by atoms with Crippen LogP contribution in [0.15, 0.2) is 42.5 Å². The number of alkyl halides is 2. The molecule has 0 saturated heterocycles. The molecule has 2 aromatic rings. The van der Waals surface area contributed by atoms with Crippen molar-refractivity contribution in [1.82, 2.24) is 0 Å². The summed E-state index contributed by atoms with van der Waals surface area (Å²) < 4.78 is 41.9. The van der Waals surface area contributed by atoms with Gasteiger partial charge in [-0.15, -0.1) is 0 Å². The van der Waals surface area contributed by atoms with E-state index in [9.17, 15) is 18.0 Å². The van der Waals surface area contributed by atoms with Crippen molar-refractivity contribution in [3.63, 3.8) is 0 Å². The zero-order valence-electron chi connectivity index (χ0n) is 12.3. The SMILES string of the molecule is Cc1cc(F)ccc1NCC(=O)Nc1ccccc1OC(F)F. The zero-order valence-corrected chi connectivity index (χ0v) is 12.3. The number of para-hydroxylation sites is 2. The van der Waals surface area contributed by atoms with Crippen molar-refractivity contribution in [2.45, 2.75) is 13.5 Å². The highest BCUT2D eigenvalue weighted by Gasteiger charge is 2.11. The van der Waals surface area contributed by atoms with Gasteiger partial charge in [-0.3, -0.25) is 4.79 Å². The largest absolute Gasteiger partial charge is 0.433 e. The third kappa shape index (κ3) is 4.91. The number of hydrogen-bond donors (Lipinski definition) is 2. The Bertz CT molecular complexity index is 693. The van der Waals surface area contributed by atoms with E-state index in [4.69, 9.17) is 0 Å². The maximum absolute atomic E-state index is 13.0. The van der Waals surface area contributed by atoms with Crippen LogP contribution in [-0.4, -0.2) is 19.1 Å². The molecule has 0 spiro atoms. The second-order valence-corrected chi connectivity index (χ2v) is 4.74. The average Bonchev–Trinajstić information content (AvgIpc) is 2.48. The molecule has 4 nitrogen and oxygen atoms in total. The first-order chi connectivity index (χ1) is 11.0. The van der Waals surface area contributed by atoms with Crippen LogP contribution in [0.2, 0.25) is 0 Å². The molecular formula is C16H15F3N2O2. The normalized spacial score (nSPS) is 10.5. The maximum atomic E-state index is 13.0. The lowest BCUT2D eigenvalue weighted by atomic mass is 10.2. The fourth-order valence-electron chi connectivity index (χ4n) is 1.96. The molecule has 0 aliphatic heterocycles. The molecule has 7 heteroatoms. The Morgan fingerprint density at radius 2 is 1.91 bits per heavy atom. The average molecular weight is 324 g/mol. The van der Waals surface area contributed by atoms with Crippen molar-refractivity contribution < 1.29 is 22.7 Å². The number of ether oxygens (including phenoxy) is 1. The van der Waals surface area contributed by atoms with E-state index in [0.29, 0.717) is 11.3 Å². The number of amides is 1. The first-order valence-electron chi connectivity index (χ1n) is 6.79. The first kappa shape index (κ1) is 16.7. The van der Waals surface area contributed by atoms with Gasteiger partial charge in [-0.25, -0.2) is 4.39 Å². The second kappa shape index (κ2) is 7.53. The monoisotopic (exact) mass is 324 g/mol. The molecule has 0 aromatic heterocycles. The molecule has 0 aliphatic carbocycles. The van der Waals surface area contributed by atoms with Crippen molar-refractivity contribution in [1.29, 1.82) is 0 Å². The van der Waals surface area contributed by atoms with E-state index in [1.807, 2.05) is 0 Å². The molecule has 2 aromatic carbocycles. The third-order valence-electron chi connectivity index (χ3n) is 3.01. The zero-order chi connectivity index (χ0) is 16.8. The second-order valence-electron chi connectivity index (χ2n) is 4.74. The Hall–Kier alpha value is -2.70. The van der Waals surface area contributed by atoms with Gasteiger partial charge in [-0.05, 0) is 42.8 Å². The van der Waals surface area contributed by atoms with Gasteiger partial charge in [0.1, 0.15) is 11.6 Å². The van der Waals surface area contributed by atoms with Gasteiger partial charge in [0.2, 0.25) is 5.91 Å². The van der Waals surface area contributed by atoms with Crippen LogP contribution in [0.5, 0.6) is 5.75 Å². The van der Waals surface area contributed by atoms with E-state index < -0.39 is 12.5 Å². The van der Waals surface area contributed by atoms with Crippen LogP contribution >= 0.6 is 0 Å². The van der Waals surface area contributed by atoms with E-state index in [0.717, 1.165) is 0 Å². The molecule has 0 aliphatic rings. The molecule has 1 amide bonds. The summed E-state index contributed by atoms with van der Waals surface area (Å²) in [5, 5.41) is 5.34. The predicted molar refractivity (Wildman–Crippen MR) is 81.3 cm³/mol. The van der Waals surface area contributed by atoms with Crippen LogP contribution < -0.4 is 15.4 Å². The molecule has 0 unspecified atom stereocenters. The summed E-state index contributed by atoms with van der Waals surface area (Å²) in [7, 11) is 0. The fraction of sp³-hybridized carbons (Fsp3) is 0.188. The van der Waals surface area contributed by atoms with E-state index >= 15 is 0 Å². The van der Waals surface area contributed by atoms with Crippen LogP contribution in [-0.2, 0) is 4.79 Å². The van der Waals surface area contributed by atoms with E-state index in [2.05, 4.69) is 15.4 Å². The number of hydrogen-bond acceptors (Lipinski definition) is 3. The van der Waals surface area contributed by atoms with Gasteiger partial charge in [-0.1, -0.05) is 12.1 Å². The Morgan fingerprint density at radius 3 is 2.61 bits per heavy atom. The predicted octanol–water partition coefficient (Wildman–Crippen LogP) is 3.79. The van der Waals surface area contributed by atoms with Gasteiger partial charge in [0.25, 0.3) is 0 Å². The number of anilines is 2. The lowest BCUT2D eigenvalue weighted by molar-refractivity contribution is -0.114. The molecule has 0 heterocycles. The van der Waals surface area contributed by atoms with Gasteiger partial charge in [-0.2, -0.15) is 8.78 Å². The third-order valence-corrected chi connectivity index (χ3v) is 3.01. The number of aryl methyl sites for hydroxylation is 1. The lowest BCUT2D eigenvalue weighted by Crippen LogP contribution is -2.22. The van der Waals surface area contributed by atoms with Crippen LogP contribution in [0, 0.1) is 12.7 Å². The highest BCUT2D eigenvalue weighted by atomic mass is 19.3. The van der Waals surface area contributed by atoms with E-state index in [1.54, 1.807) is 13.0 Å². The fourth-order valence-corrected chi connectivity index (χ4v) is 1.96. The molecule has 2 N–H and O–H groups in total. The standard InChI is InChI=1S/C16H15F3N2O2/c1-10-8-11(17)6-7-12(10)20-9-15(22)21-13-4-2-3-5-14(13)23-16(18)19/h2-8,16,20H,9H2,1H3,(H,21,22).